The molecule has 2 aliphatic rings. The van der Waals surface area contributed by atoms with Gasteiger partial charge in [0.15, 0.2) is 0 Å². The van der Waals surface area contributed by atoms with Gasteiger partial charge in [-0.2, -0.15) is 13.1 Å². The number of nitrogens with one attached hydrogen (secondary N) is 2. The minimum Gasteiger partial charge on any atom is -0.464 e. The Kier molecular flexibility index (Phi) is 8.59. The summed E-state index contributed by atoms with van der Waals surface area (Å²) < 4.78 is 35.4. The Bertz CT molecular complexity index is 1580. The van der Waals surface area contributed by atoms with E-state index in [9.17, 15) is 23.1 Å². The first-order chi connectivity index (χ1) is 19.5. The second kappa shape index (κ2) is 12.0. The van der Waals surface area contributed by atoms with Gasteiger partial charge in [0, 0.05) is 28.1 Å². The summed E-state index contributed by atoms with van der Waals surface area (Å²) in [6, 6.07) is 7.24. The Morgan fingerprint density at radius 1 is 1.24 bits per heavy atom. The Labute approximate surface area is 245 Å². The fourth-order valence-corrected chi connectivity index (χ4v) is 7.00. The van der Waals surface area contributed by atoms with Gasteiger partial charge in [-0.05, 0) is 61.1 Å². The van der Waals surface area contributed by atoms with Crippen LogP contribution in [0.1, 0.15) is 55.7 Å². The van der Waals surface area contributed by atoms with Gasteiger partial charge in [-0.1, -0.05) is 17.7 Å². The predicted octanol–water partition coefficient (Wildman–Crippen LogP) is 3.47. The standard InChI is InChI=1S/C26H27ClN4O8S2/c1-13-18(24-19-7-16(27)3-2-14(19)4-5-38-24)9-22(40-13)23(33)20-10-28-12-29-25(20)30-17-6-15(21(32)8-17)11-39-41(36,37)31-26(34)35/h2-3,7,9-10,12,15,17,21,24,31-32H,4-6,8,11H2,1H3,(H,34,35)(H,28,29,30)/t15-,17-,21+,24+/m1/s1. The van der Waals surface area contributed by atoms with Gasteiger partial charge in [0.05, 0.1) is 29.8 Å². The van der Waals surface area contributed by atoms with Crippen molar-refractivity contribution >= 4 is 50.9 Å². The third-order valence-corrected chi connectivity index (χ3v) is 9.28. The SMILES string of the molecule is Cc1sc(C(=O)c2cncnc2N[C@@H]2C[C@H](COS(=O)(=O)NC(=O)O)[C@@H](O)C2)cc1[C@@H]1OCCc2ccc(Cl)cc21. The van der Waals surface area contributed by atoms with Crippen LogP contribution < -0.4 is 10.0 Å². The minimum atomic E-state index is -4.51. The number of nitrogens with zero attached hydrogens (tertiary/aromatic N) is 2. The van der Waals surface area contributed by atoms with Crippen LogP contribution in [0.15, 0.2) is 36.8 Å². The van der Waals surface area contributed by atoms with Gasteiger partial charge in [-0.15, -0.1) is 11.3 Å². The molecule has 4 N–H and O–H groups in total. The van der Waals surface area contributed by atoms with Crippen molar-refractivity contribution in [2.45, 2.75) is 44.4 Å². The zero-order valence-electron chi connectivity index (χ0n) is 21.7. The number of carbonyl (C=O) groups excluding carboxylic acids is 1. The van der Waals surface area contributed by atoms with Gasteiger partial charge in [0.25, 0.3) is 0 Å². The number of aliphatic hydroxyl groups excluding tert-OH is 1. The average Bonchev–Trinajstić information content (AvgIpc) is 3.47. The molecule has 1 aromatic carbocycles. The number of carboxylic acid groups (broad SMARTS) is 1. The first-order valence-corrected chi connectivity index (χ1v) is 15.3. The molecule has 0 spiro atoms. The van der Waals surface area contributed by atoms with Crippen molar-refractivity contribution in [3.05, 3.63) is 73.8 Å². The molecule has 15 heteroatoms. The summed E-state index contributed by atoms with van der Waals surface area (Å²) in [6.45, 7) is 2.08. The number of benzene rings is 1. The molecule has 1 amide bonds. The molecule has 1 fully saturated rings. The predicted molar refractivity (Wildman–Crippen MR) is 150 cm³/mol. The molecule has 218 valence electrons. The number of ketones is 1. The van der Waals surface area contributed by atoms with E-state index in [1.807, 2.05) is 31.2 Å². The Morgan fingerprint density at radius 2 is 2.05 bits per heavy atom. The molecule has 4 atom stereocenters. The number of hydrogen-bond donors (Lipinski definition) is 4. The molecule has 5 rings (SSSR count). The Balaban J connectivity index is 1.31. The van der Waals surface area contributed by atoms with Gasteiger partial charge in [-0.25, -0.2) is 14.8 Å². The van der Waals surface area contributed by atoms with Crippen molar-refractivity contribution in [1.29, 1.82) is 0 Å². The molecule has 41 heavy (non-hydrogen) atoms. The van der Waals surface area contributed by atoms with E-state index in [4.69, 9.17) is 25.6 Å². The van der Waals surface area contributed by atoms with Gasteiger partial charge in [-0.3, -0.25) is 8.98 Å². The fraction of sp³-hybridized carbons (Fsp3) is 0.385. The maximum atomic E-state index is 13.7. The number of halogens is 1. The van der Waals surface area contributed by atoms with Crippen molar-refractivity contribution in [2.75, 3.05) is 18.5 Å². The quantitative estimate of drug-likeness (QED) is 0.257. The molecule has 3 aromatic rings. The summed E-state index contributed by atoms with van der Waals surface area (Å²) in [5.41, 5.74) is 3.28. The first kappa shape index (κ1) is 29.4. The van der Waals surface area contributed by atoms with E-state index in [-0.39, 0.29) is 35.7 Å². The van der Waals surface area contributed by atoms with Crippen molar-refractivity contribution < 1.29 is 37.1 Å². The number of thiophene rings is 1. The van der Waals surface area contributed by atoms with Crippen LogP contribution in [0.3, 0.4) is 0 Å². The first-order valence-electron chi connectivity index (χ1n) is 12.7. The summed E-state index contributed by atoms with van der Waals surface area (Å²) in [4.78, 5) is 34.0. The molecule has 0 saturated heterocycles. The largest absolute Gasteiger partial charge is 0.464 e. The van der Waals surface area contributed by atoms with E-state index in [1.54, 1.807) is 0 Å². The Hall–Kier alpha value is -3.14. The van der Waals surface area contributed by atoms with Gasteiger partial charge in [0.2, 0.25) is 5.78 Å². The van der Waals surface area contributed by atoms with Crippen molar-refractivity contribution in [3.63, 3.8) is 0 Å². The van der Waals surface area contributed by atoms with Gasteiger partial charge < -0.3 is 20.3 Å². The molecule has 1 saturated carbocycles. The molecule has 2 aromatic heterocycles. The van der Waals surface area contributed by atoms with Crippen LogP contribution in [0.4, 0.5) is 10.6 Å². The second-order valence-corrected chi connectivity index (χ2v) is 12.9. The maximum absolute atomic E-state index is 13.7. The molecular weight excluding hydrogens is 596 g/mol. The van der Waals surface area contributed by atoms with Crippen LogP contribution in [-0.4, -0.2) is 65.8 Å². The highest BCUT2D eigenvalue weighted by Gasteiger charge is 2.35. The smallest absolute Gasteiger partial charge is 0.420 e. The topological polar surface area (TPSA) is 177 Å². The summed E-state index contributed by atoms with van der Waals surface area (Å²) in [5, 5.41) is 22.8. The number of ether oxygens (including phenoxy) is 1. The molecule has 0 bridgehead atoms. The number of anilines is 1. The number of aryl methyl sites for hydroxylation is 1. The number of rotatable bonds is 9. The number of aromatic nitrogens is 2. The summed E-state index contributed by atoms with van der Waals surface area (Å²) in [7, 11) is -4.51. The van der Waals surface area contributed by atoms with E-state index in [2.05, 4.69) is 15.3 Å². The number of carbonyl (C=O) groups is 2. The van der Waals surface area contributed by atoms with Crippen LogP contribution in [0.25, 0.3) is 0 Å². The van der Waals surface area contributed by atoms with Crippen LogP contribution in [-0.2, 0) is 25.6 Å². The summed E-state index contributed by atoms with van der Waals surface area (Å²) in [5.74, 6) is -0.588. The van der Waals surface area contributed by atoms with Gasteiger partial charge in [0.1, 0.15) is 18.2 Å². The highest BCUT2D eigenvalue weighted by molar-refractivity contribution is 7.85. The third kappa shape index (κ3) is 6.68. The lowest BCUT2D eigenvalue weighted by Gasteiger charge is -2.26. The summed E-state index contributed by atoms with van der Waals surface area (Å²) in [6.07, 6.45) is 1.02. The average molecular weight is 623 g/mol. The minimum absolute atomic E-state index is 0.237. The second-order valence-electron chi connectivity index (χ2n) is 9.87. The van der Waals surface area contributed by atoms with E-state index >= 15 is 0 Å². The molecule has 3 heterocycles. The number of hydrogen-bond acceptors (Lipinski definition) is 11. The van der Waals surface area contributed by atoms with E-state index < -0.39 is 35.0 Å². The number of amides is 1. The summed E-state index contributed by atoms with van der Waals surface area (Å²) >= 11 is 7.61. The van der Waals surface area contributed by atoms with Crippen LogP contribution in [0.2, 0.25) is 5.02 Å². The highest BCUT2D eigenvalue weighted by atomic mass is 35.5. The molecule has 0 radical (unpaired) electrons. The number of fused-ring (bicyclic) bond motifs is 1. The van der Waals surface area contributed by atoms with Crippen LogP contribution in [0.5, 0.6) is 0 Å². The molecule has 1 aliphatic heterocycles. The van der Waals surface area contributed by atoms with Crippen molar-refractivity contribution in [2.24, 2.45) is 5.92 Å². The highest BCUT2D eigenvalue weighted by Crippen LogP contribution is 2.39. The zero-order chi connectivity index (χ0) is 29.3. The lowest BCUT2D eigenvalue weighted by atomic mass is 9.93. The van der Waals surface area contributed by atoms with E-state index in [0.717, 1.165) is 28.0 Å². The number of aliphatic hydroxyl groups is 1. The lowest BCUT2D eigenvalue weighted by molar-refractivity contribution is 0.0697. The van der Waals surface area contributed by atoms with Crippen LogP contribution >= 0.6 is 22.9 Å². The van der Waals surface area contributed by atoms with E-state index in [1.165, 1.54) is 28.6 Å². The lowest BCUT2D eigenvalue weighted by Crippen LogP contribution is -2.32. The van der Waals surface area contributed by atoms with E-state index in [0.29, 0.717) is 22.9 Å². The van der Waals surface area contributed by atoms with Crippen LogP contribution in [0, 0.1) is 12.8 Å². The fourth-order valence-electron chi connectivity index (χ4n) is 5.19. The van der Waals surface area contributed by atoms with Crippen molar-refractivity contribution in [3.8, 4) is 0 Å². The van der Waals surface area contributed by atoms with Gasteiger partial charge >= 0.3 is 16.4 Å². The Morgan fingerprint density at radius 3 is 2.83 bits per heavy atom. The molecule has 12 nitrogen and oxygen atoms in total. The maximum Gasteiger partial charge on any atom is 0.420 e. The van der Waals surface area contributed by atoms with Crippen molar-refractivity contribution in [1.82, 2.24) is 14.7 Å². The zero-order valence-corrected chi connectivity index (χ0v) is 24.1. The normalized spacial score (nSPS) is 22.2. The monoisotopic (exact) mass is 622 g/mol. The molecular formula is C26H27ClN4O8S2. The molecule has 1 aliphatic carbocycles. The third-order valence-electron chi connectivity index (χ3n) is 7.11. The molecule has 0 unspecified atom stereocenters.